The van der Waals surface area contributed by atoms with Gasteiger partial charge in [0.1, 0.15) is 12.9 Å². The number of rotatable bonds is 2. The summed E-state index contributed by atoms with van der Waals surface area (Å²) in [5.41, 5.74) is 0. The van der Waals surface area contributed by atoms with Gasteiger partial charge in [-0.1, -0.05) is 20.8 Å². The number of hydrogen-bond acceptors (Lipinski definition) is 3. The molecule has 1 aliphatic rings. The minimum absolute atomic E-state index is 0.163. The summed E-state index contributed by atoms with van der Waals surface area (Å²) >= 11 is 0. The van der Waals surface area contributed by atoms with Crippen molar-refractivity contribution in [3.8, 4) is 0 Å². The van der Waals surface area contributed by atoms with Crippen molar-refractivity contribution in [1.29, 1.82) is 0 Å². The number of Topliss-reactive ketones (excluding diaryl/α,β-unsaturated/α-hetero) is 1. The molecule has 15 heavy (non-hydrogen) atoms. The molecule has 1 aliphatic heterocycles. The van der Waals surface area contributed by atoms with Crippen LogP contribution in [-0.4, -0.2) is 27.0 Å². The van der Waals surface area contributed by atoms with Crippen LogP contribution >= 0.6 is 0 Å². The minimum atomic E-state index is -1.75. The topological polar surface area (TPSA) is 35.5 Å². The van der Waals surface area contributed by atoms with Crippen molar-refractivity contribution in [1.82, 2.24) is 0 Å². The highest BCUT2D eigenvalue weighted by Crippen LogP contribution is 2.38. The van der Waals surface area contributed by atoms with E-state index in [9.17, 15) is 4.79 Å². The average Bonchev–Trinajstić information content (AvgIpc) is 2.06. The monoisotopic (exact) mass is 230 g/mol. The zero-order chi connectivity index (χ0) is 11.7. The van der Waals surface area contributed by atoms with Gasteiger partial charge in [-0.05, 0) is 18.1 Å². The van der Waals surface area contributed by atoms with E-state index in [1.165, 1.54) is 0 Å². The maximum atomic E-state index is 11.0. The van der Waals surface area contributed by atoms with Gasteiger partial charge in [0.25, 0.3) is 0 Å². The quantitative estimate of drug-likeness (QED) is 0.684. The lowest BCUT2D eigenvalue weighted by molar-refractivity contribution is -0.150. The lowest BCUT2D eigenvalue weighted by Crippen LogP contribution is -2.46. The molecule has 0 N–H and O–H groups in total. The Balaban J connectivity index is 2.51. The molecule has 0 aromatic carbocycles. The predicted molar refractivity (Wildman–Crippen MR) is 62.3 cm³/mol. The van der Waals surface area contributed by atoms with Crippen molar-refractivity contribution in [3.05, 3.63) is 0 Å². The van der Waals surface area contributed by atoms with E-state index >= 15 is 0 Å². The highest BCUT2D eigenvalue weighted by atomic mass is 28.4. The summed E-state index contributed by atoms with van der Waals surface area (Å²) < 4.78 is 11.4. The van der Waals surface area contributed by atoms with Crippen LogP contribution in [0.3, 0.4) is 0 Å². The molecular weight excluding hydrogens is 208 g/mol. The number of hydrogen-bond donors (Lipinski definition) is 0. The zero-order valence-corrected chi connectivity index (χ0v) is 11.4. The molecule has 1 heterocycles. The van der Waals surface area contributed by atoms with Crippen LogP contribution in [0.1, 0.15) is 33.6 Å². The van der Waals surface area contributed by atoms with Crippen LogP contribution in [0.15, 0.2) is 0 Å². The second-order valence-electron chi connectivity index (χ2n) is 5.70. The first kappa shape index (κ1) is 12.9. The van der Waals surface area contributed by atoms with Crippen molar-refractivity contribution in [2.75, 3.05) is 6.61 Å². The van der Waals surface area contributed by atoms with E-state index in [-0.39, 0.29) is 23.7 Å². The van der Waals surface area contributed by atoms with Crippen molar-refractivity contribution < 1.29 is 14.0 Å². The Morgan fingerprint density at radius 3 is 2.40 bits per heavy atom. The third kappa shape index (κ3) is 3.40. The summed E-state index contributed by atoms with van der Waals surface area (Å²) in [6.07, 6.45) is 1.15. The Morgan fingerprint density at radius 1 is 1.40 bits per heavy atom. The third-order valence-corrected chi connectivity index (χ3v) is 7.79. The standard InChI is InChI=1S/C11H22O3Si/c1-11(2,3)15(4,5)14-10-7-6-9(12)8-13-10/h10H,6-8H2,1-5H3/t10-/m0/s1. The first-order chi connectivity index (χ1) is 6.72. The second-order valence-corrected chi connectivity index (χ2v) is 10.5. The van der Waals surface area contributed by atoms with Gasteiger partial charge in [0.05, 0.1) is 0 Å². The molecule has 1 rings (SSSR count). The van der Waals surface area contributed by atoms with Crippen LogP contribution in [0.5, 0.6) is 0 Å². The molecule has 1 saturated heterocycles. The Labute approximate surface area is 93.3 Å². The fourth-order valence-corrected chi connectivity index (χ4v) is 2.42. The Bertz CT molecular complexity index is 233. The maximum absolute atomic E-state index is 11.0. The van der Waals surface area contributed by atoms with E-state index in [4.69, 9.17) is 9.16 Å². The molecule has 3 nitrogen and oxygen atoms in total. The third-order valence-electron chi connectivity index (χ3n) is 3.32. The largest absolute Gasteiger partial charge is 0.392 e. The van der Waals surface area contributed by atoms with E-state index in [0.29, 0.717) is 12.8 Å². The van der Waals surface area contributed by atoms with Crippen molar-refractivity contribution in [2.45, 2.75) is 58.0 Å². The van der Waals surface area contributed by atoms with Gasteiger partial charge in [-0.3, -0.25) is 4.79 Å². The molecule has 0 spiro atoms. The van der Waals surface area contributed by atoms with Crippen LogP contribution in [0, 0.1) is 0 Å². The second kappa shape index (κ2) is 4.35. The van der Waals surface area contributed by atoms with Crippen molar-refractivity contribution in [3.63, 3.8) is 0 Å². The van der Waals surface area contributed by atoms with E-state index in [2.05, 4.69) is 33.9 Å². The highest BCUT2D eigenvalue weighted by molar-refractivity contribution is 6.74. The van der Waals surface area contributed by atoms with E-state index in [1.54, 1.807) is 0 Å². The van der Waals surface area contributed by atoms with Crippen molar-refractivity contribution in [2.24, 2.45) is 0 Å². The lowest BCUT2D eigenvalue weighted by atomic mass is 10.2. The van der Waals surface area contributed by atoms with Gasteiger partial charge in [-0.15, -0.1) is 0 Å². The van der Waals surface area contributed by atoms with Crippen LogP contribution in [-0.2, 0) is 14.0 Å². The van der Waals surface area contributed by atoms with E-state index in [0.717, 1.165) is 0 Å². The van der Waals surface area contributed by atoms with Gasteiger partial charge in [0, 0.05) is 12.8 Å². The molecule has 0 aromatic heterocycles. The molecule has 1 fully saturated rings. The number of carbonyl (C=O) groups is 1. The number of ether oxygens (including phenoxy) is 1. The van der Waals surface area contributed by atoms with Crippen LogP contribution < -0.4 is 0 Å². The predicted octanol–water partition coefficient (Wildman–Crippen LogP) is 2.71. The number of ketones is 1. The van der Waals surface area contributed by atoms with Gasteiger partial charge >= 0.3 is 0 Å². The molecule has 0 bridgehead atoms. The Hall–Kier alpha value is -0.193. The first-order valence-corrected chi connectivity index (χ1v) is 8.44. The van der Waals surface area contributed by atoms with Crippen LogP contribution in [0.2, 0.25) is 18.1 Å². The molecule has 1 atom stereocenters. The maximum Gasteiger partial charge on any atom is 0.195 e. The summed E-state index contributed by atoms with van der Waals surface area (Å²) in [7, 11) is -1.75. The van der Waals surface area contributed by atoms with Gasteiger partial charge in [0.15, 0.2) is 14.1 Å². The molecule has 0 aromatic rings. The average molecular weight is 230 g/mol. The summed E-state index contributed by atoms with van der Waals surface area (Å²) in [4.78, 5) is 11.0. The lowest BCUT2D eigenvalue weighted by Gasteiger charge is -2.39. The van der Waals surface area contributed by atoms with Gasteiger partial charge in [-0.2, -0.15) is 0 Å². The summed E-state index contributed by atoms with van der Waals surface area (Å²) in [5, 5.41) is 0.192. The van der Waals surface area contributed by atoms with Crippen molar-refractivity contribution >= 4 is 14.1 Å². The molecule has 0 radical (unpaired) electrons. The SMILES string of the molecule is CC(C)(C)[Si](C)(C)O[C@H]1CCC(=O)CO1. The minimum Gasteiger partial charge on any atom is -0.392 e. The van der Waals surface area contributed by atoms with Crippen LogP contribution in [0.4, 0.5) is 0 Å². The first-order valence-electron chi connectivity index (χ1n) is 5.53. The zero-order valence-electron chi connectivity index (χ0n) is 10.4. The Kier molecular flexibility index (Phi) is 3.74. The summed E-state index contributed by atoms with van der Waals surface area (Å²) in [5.74, 6) is 0.185. The summed E-state index contributed by atoms with van der Waals surface area (Å²) in [6.45, 7) is 11.2. The normalized spacial score (nSPS) is 24.3. The summed E-state index contributed by atoms with van der Waals surface area (Å²) in [6, 6.07) is 0. The molecule has 88 valence electrons. The van der Waals surface area contributed by atoms with Gasteiger partial charge in [0.2, 0.25) is 0 Å². The smallest absolute Gasteiger partial charge is 0.195 e. The fourth-order valence-electron chi connectivity index (χ4n) is 1.22. The van der Waals surface area contributed by atoms with E-state index < -0.39 is 8.32 Å². The van der Waals surface area contributed by atoms with Crippen LogP contribution in [0.25, 0.3) is 0 Å². The molecule has 4 heteroatoms. The molecular formula is C11H22O3Si. The van der Waals surface area contributed by atoms with Gasteiger partial charge < -0.3 is 9.16 Å². The molecule has 0 unspecified atom stereocenters. The van der Waals surface area contributed by atoms with E-state index in [1.807, 2.05) is 0 Å². The highest BCUT2D eigenvalue weighted by Gasteiger charge is 2.40. The molecule has 0 aliphatic carbocycles. The van der Waals surface area contributed by atoms with Gasteiger partial charge in [-0.25, -0.2) is 0 Å². The molecule has 0 saturated carbocycles. The fraction of sp³-hybridized carbons (Fsp3) is 0.909. The molecule has 0 amide bonds. The Morgan fingerprint density at radius 2 is 2.00 bits per heavy atom. The number of carbonyl (C=O) groups excluding carboxylic acids is 1.